The lowest BCUT2D eigenvalue weighted by Crippen LogP contribution is -2.29. The molecule has 204 valence electrons. The summed E-state index contributed by atoms with van der Waals surface area (Å²) in [4.78, 5) is 2.20. The van der Waals surface area contributed by atoms with Crippen LogP contribution in [0.1, 0.15) is 65.0 Å². The minimum atomic E-state index is -4.16. The van der Waals surface area contributed by atoms with Crippen molar-refractivity contribution in [3.05, 3.63) is 96.7 Å². The van der Waals surface area contributed by atoms with E-state index in [1.54, 1.807) is 0 Å². The number of aryl methyl sites for hydroxylation is 1. The Balaban J connectivity index is 0.00000163. The van der Waals surface area contributed by atoms with E-state index in [1.807, 2.05) is 13.8 Å². The van der Waals surface area contributed by atoms with Gasteiger partial charge in [0.2, 0.25) is 0 Å². The van der Waals surface area contributed by atoms with Crippen molar-refractivity contribution >= 4 is 0 Å². The SMILES string of the molecule is C=C.C=C(C1=CC(C)CCC1CC(C)C(F)(F)F)N(CC)Cc1cccc(-c2ccc(C)cc2)c1.CC. The van der Waals surface area contributed by atoms with Crippen LogP contribution in [0.3, 0.4) is 0 Å². The Morgan fingerprint density at radius 2 is 1.65 bits per heavy atom. The van der Waals surface area contributed by atoms with E-state index in [1.165, 1.54) is 23.6 Å². The maximum Gasteiger partial charge on any atom is 0.391 e. The van der Waals surface area contributed by atoms with E-state index in [9.17, 15) is 13.2 Å². The molecule has 4 heteroatoms. The average molecular weight is 514 g/mol. The van der Waals surface area contributed by atoms with Gasteiger partial charge in [-0.2, -0.15) is 13.2 Å². The second-order valence-corrected chi connectivity index (χ2v) is 9.58. The summed E-state index contributed by atoms with van der Waals surface area (Å²) >= 11 is 0. The molecule has 1 nitrogen and oxygen atoms in total. The topological polar surface area (TPSA) is 3.24 Å². The summed E-state index contributed by atoms with van der Waals surface area (Å²) in [6.07, 6.45) is -0.160. The van der Waals surface area contributed by atoms with E-state index in [4.69, 9.17) is 0 Å². The predicted molar refractivity (Wildman–Crippen MR) is 154 cm³/mol. The fraction of sp³-hybridized carbons (Fsp3) is 0.455. The summed E-state index contributed by atoms with van der Waals surface area (Å²) < 4.78 is 39.8. The third-order valence-electron chi connectivity index (χ3n) is 6.85. The Bertz CT molecular complexity index is 987. The van der Waals surface area contributed by atoms with Gasteiger partial charge in [0, 0.05) is 18.8 Å². The van der Waals surface area contributed by atoms with Gasteiger partial charge in [-0.05, 0) is 73.3 Å². The van der Waals surface area contributed by atoms with Crippen LogP contribution in [-0.4, -0.2) is 17.6 Å². The lowest BCUT2D eigenvalue weighted by atomic mass is 9.77. The third kappa shape index (κ3) is 9.57. The van der Waals surface area contributed by atoms with Gasteiger partial charge in [0.1, 0.15) is 0 Å². The van der Waals surface area contributed by atoms with E-state index in [0.29, 0.717) is 12.5 Å². The lowest BCUT2D eigenvalue weighted by molar-refractivity contribution is -0.173. The molecular weight excluding hydrogens is 467 g/mol. The molecule has 0 saturated heterocycles. The lowest BCUT2D eigenvalue weighted by Gasteiger charge is -2.35. The van der Waals surface area contributed by atoms with Gasteiger partial charge in [-0.15, -0.1) is 13.2 Å². The molecule has 3 rings (SSSR count). The number of nitrogens with zero attached hydrogens (tertiary/aromatic N) is 1. The number of alkyl halides is 3. The molecule has 0 amide bonds. The predicted octanol–water partition coefficient (Wildman–Crippen LogP) is 10.4. The van der Waals surface area contributed by atoms with E-state index in [-0.39, 0.29) is 12.3 Å². The smallest absolute Gasteiger partial charge is 0.368 e. The minimum Gasteiger partial charge on any atom is -0.368 e. The number of halogens is 3. The zero-order valence-corrected chi connectivity index (χ0v) is 23.7. The molecule has 0 bridgehead atoms. The molecule has 0 radical (unpaired) electrons. The standard InChI is InChI=1S/C29H36F3N.C2H6.C2H4/c1-6-33(19-24-8-7-9-26(18-24)25-13-10-20(2)11-14-25)23(5)28-16-21(3)12-15-27(28)17-22(4)29(30,31)32;2*1-2/h7-11,13-14,16,18,21-22,27H,5-6,12,15,17,19H2,1-4H3;1-2H3;1-2H2. The molecule has 0 aliphatic heterocycles. The molecular formula is C33H46F3N. The van der Waals surface area contributed by atoms with Crippen LogP contribution in [-0.2, 0) is 6.54 Å². The summed E-state index contributed by atoms with van der Waals surface area (Å²) in [7, 11) is 0. The molecule has 0 saturated carbocycles. The van der Waals surface area contributed by atoms with Crippen LogP contribution >= 0.6 is 0 Å². The van der Waals surface area contributed by atoms with Crippen LogP contribution in [0.4, 0.5) is 13.2 Å². The van der Waals surface area contributed by atoms with E-state index in [2.05, 4.69) is 100 Å². The highest BCUT2D eigenvalue weighted by Crippen LogP contribution is 2.41. The first kappa shape index (κ1) is 32.3. The Hall–Kier alpha value is -2.75. The monoisotopic (exact) mass is 513 g/mol. The van der Waals surface area contributed by atoms with Crippen LogP contribution in [0.15, 0.2) is 85.6 Å². The second-order valence-electron chi connectivity index (χ2n) is 9.58. The highest BCUT2D eigenvalue weighted by Gasteiger charge is 2.39. The highest BCUT2D eigenvalue weighted by molar-refractivity contribution is 5.64. The number of rotatable bonds is 8. The average Bonchev–Trinajstić information content (AvgIpc) is 2.90. The van der Waals surface area contributed by atoms with Crippen LogP contribution in [0.5, 0.6) is 0 Å². The first-order chi connectivity index (χ1) is 17.6. The van der Waals surface area contributed by atoms with Gasteiger partial charge in [0.05, 0.1) is 5.92 Å². The summed E-state index contributed by atoms with van der Waals surface area (Å²) in [5, 5.41) is 0. The fourth-order valence-corrected chi connectivity index (χ4v) is 4.68. The number of likely N-dealkylation sites (N-methyl/N-ethyl adjacent to an activating group) is 1. The fourth-order valence-electron chi connectivity index (χ4n) is 4.68. The van der Waals surface area contributed by atoms with Crippen molar-refractivity contribution in [1.82, 2.24) is 4.90 Å². The molecule has 0 fully saturated rings. The van der Waals surface area contributed by atoms with E-state index in [0.717, 1.165) is 36.2 Å². The molecule has 3 unspecified atom stereocenters. The Morgan fingerprint density at radius 1 is 1.03 bits per heavy atom. The van der Waals surface area contributed by atoms with Crippen molar-refractivity contribution in [2.24, 2.45) is 17.8 Å². The van der Waals surface area contributed by atoms with Gasteiger partial charge in [-0.1, -0.05) is 88.4 Å². The van der Waals surface area contributed by atoms with Crippen molar-refractivity contribution in [2.75, 3.05) is 6.54 Å². The molecule has 2 aromatic carbocycles. The highest BCUT2D eigenvalue weighted by atomic mass is 19.4. The largest absolute Gasteiger partial charge is 0.391 e. The summed E-state index contributed by atoms with van der Waals surface area (Å²) in [6.45, 7) is 23.4. The van der Waals surface area contributed by atoms with Crippen LogP contribution in [0.25, 0.3) is 11.1 Å². The first-order valence-electron chi connectivity index (χ1n) is 13.5. The number of benzene rings is 2. The molecule has 2 aromatic rings. The van der Waals surface area contributed by atoms with Gasteiger partial charge in [0.15, 0.2) is 0 Å². The number of hydrogen-bond donors (Lipinski definition) is 0. The summed E-state index contributed by atoms with van der Waals surface area (Å²) in [5.74, 6) is -1.05. The minimum absolute atomic E-state index is 0.0988. The van der Waals surface area contributed by atoms with Gasteiger partial charge >= 0.3 is 6.18 Å². The second kappa shape index (κ2) is 15.5. The Kier molecular flexibility index (Phi) is 13.5. The molecule has 0 spiro atoms. The Labute approximate surface area is 223 Å². The maximum absolute atomic E-state index is 13.3. The quantitative estimate of drug-likeness (QED) is 0.317. The van der Waals surface area contributed by atoms with Crippen LogP contribution in [0.2, 0.25) is 0 Å². The number of allylic oxidation sites excluding steroid dienone is 2. The third-order valence-corrected chi connectivity index (χ3v) is 6.85. The maximum atomic E-state index is 13.3. The van der Waals surface area contributed by atoms with Crippen LogP contribution < -0.4 is 0 Å². The van der Waals surface area contributed by atoms with Gasteiger partial charge in [0.25, 0.3) is 0 Å². The van der Waals surface area contributed by atoms with Crippen molar-refractivity contribution in [3.8, 4) is 11.1 Å². The van der Waals surface area contributed by atoms with Crippen molar-refractivity contribution in [3.63, 3.8) is 0 Å². The zero-order valence-electron chi connectivity index (χ0n) is 23.7. The Morgan fingerprint density at radius 3 is 2.22 bits per heavy atom. The van der Waals surface area contributed by atoms with Crippen molar-refractivity contribution in [2.45, 2.75) is 73.5 Å². The van der Waals surface area contributed by atoms with E-state index < -0.39 is 12.1 Å². The first-order valence-corrected chi connectivity index (χ1v) is 13.5. The van der Waals surface area contributed by atoms with Crippen LogP contribution in [0, 0.1) is 24.7 Å². The van der Waals surface area contributed by atoms with Crippen molar-refractivity contribution in [1.29, 1.82) is 0 Å². The van der Waals surface area contributed by atoms with Crippen molar-refractivity contribution < 1.29 is 13.2 Å². The zero-order chi connectivity index (χ0) is 28.2. The molecule has 3 atom stereocenters. The van der Waals surface area contributed by atoms with Gasteiger partial charge in [-0.25, -0.2) is 0 Å². The molecule has 37 heavy (non-hydrogen) atoms. The molecule has 0 heterocycles. The molecule has 0 aromatic heterocycles. The molecule has 1 aliphatic rings. The molecule has 1 aliphatic carbocycles. The molecule has 0 N–H and O–H groups in total. The summed E-state index contributed by atoms with van der Waals surface area (Å²) in [6, 6.07) is 17.0. The summed E-state index contributed by atoms with van der Waals surface area (Å²) in [5.41, 5.74) is 6.60. The van der Waals surface area contributed by atoms with Gasteiger partial charge < -0.3 is 4.90 Å². The van der Waals surface area contributed by atoms with Gasteiger partial charge in [-0.3, -0.25) is 0 Å². The number of hydrogen-bond acceptors (Lipinski definition) is 1. The normalized spacial score (nSPS) is 17.8. The van der Waals surface area contributed by atoms with E-state index >= 15 is 0 Å².